The van der Waals surface area contributed by atoms with Crippen LogP contribution in [-0.4, -0.2) is 79.5 Å². The lowest BCUT2D eigenvalue weighted by molar-refractivity contribution is 0.0748. The van der Waals surface area contributed by atoms with Crippen LogP contribution in [-0.2, 0) is 19.5 Å². The molecule has 13 heteroatoms. The first-order valence-electron chi connectivity index (χ1n) is 20.5. The van der Waals surface area contributed by atoms with Gasteiger partial charge in [-0.05, 0) is 84.9 Å². The van der Waals surface area contributed by atoms with Crippen molar-refractivity contribution in [2.75, 3.05) is 71.7 Å². The zero-order chi connectivity index (χ0) is 43.8. The van der Waals surface area contributed by atoms with Gasteiger partial charge in [0, 0.05) is 66.9 Å². The Morgan fingerprint density at radius 1 is 0.492 bits per heavy atom. The maximum absolute atomic E-state index is 14.4. The highest BCUT2D eigenvalue weighted by atomic mass is 32.2. The van der Waals surface area contributed by atoms with Gasteiger partial charge in [-0.3, -0.25) is 9.59 Å². The third-order valence-corrected chi connectivity index (χ3v) is 12.4. The molecular formula is C50H46N2O10S. The van der Waals surface area contributed by atoms with E-state index in [1.165, 1.54) is 16.4 Å². The quantitative estimate of drug-likeness (QED) is 0.0723. The highest BCUT2D eigenvalue weighted by Crippen LogP contribution is 2.32. The number of anilines is 1. The molecule has 0 radical (unpaired) electrons. The second-order valence-electron chi connectivity index (χ2n) is 14.8. The Bertz CT molecular complexity index is 2930. The van der Waals surface area contributed by atoms with Gasteiger partial charge in [-0.15, -0.1) is 0 Å². The van der Waals surface area contributed by atoms with Crippen molar-refractivity contribution in [3.63, 3.8) is 0 Å². The van der Waals surface area contributed by atoms with Crippen LogP contribution in [0.5, 0.6) is 11.5 Å². The van der Waals surface area contributed by atoms with Crippen LogP contribution in [0.4, 0.5) is 5.69 Å². The average molecular weight is 867 g/mol. The van der Waals surface area contributed by atoms with E-state index in [4.69, 9.17) is 27.8 Å². The van der Waals surface area contributed by atoms with E-state index in [-0.39, 0.29) is 68.5 Å². The molecule has 0 spiro atoms. The summed E-state index contributed by atoms with van der Waals surface area (Å²) in [6, 6.07) is 42.6. The molecule has 8 rings (SSSR count). The summed E-state index contributed by atoms with van der Waals surface area (Å²) >= 11 is 0. The fraction of sp³-hybridized carbons (Fsp3) is 0.200. The van der Waals surface area contributed by atoms with Crippen molar-refractivity contribution in [3.8, 4) is 34.1 Å². The summed E-state index contributed by atoms with van der Waals surface area (Å²) in [7, 11) is -0.139. The Balaban J connectivity index is 0.854. The van der Waals surface area contributed by atoms with Crippen molar-refractivity contribution in [2.45, 2.75) is 4.90 Å². The van der Waals surface area contributed by atoms with Gasteiger partial charge in [-0.25, -0.2) is 8.42 Å². The third-order valence-electron chi connectivity index (χ3n) is 10.5. The highest BCUT2D eigenvalue weighted by molar-refractivity contribution is 7.89. The lowest BCUT2D eigenvalue weighted by atomic mass is 10.1. The van der Waals surface area contributed by atoms with Gasteiger partial charge in [0.25, 0.3) is 0 Å². The number of sulfonamides is 1. The molecule has 8 aromatic rings. The summed E-state index contributed by atoms with van der Waals surface area (Å²) in [4.78, 5) is 27.3. The number of nitrogens with zero attached hydrogens (tertiary/aromatic N) is 2. The van der Waals surface area contributed by atoms with Crippen LogP contribution < -0.4 is 25.2 Å². The number of fused-ring (bicyclic) bond motifs is 3. The Morgan fingerprint density at radius 2 is 0.952 bits per heavy atom. The molecule has 0 unspecified atom stereocenters. The molecule has 6 aromatic carbocycles. The molecule has 0 saturated carbocycles. The molecule has 12 nitrogen and oxygen atoms in total. The Kier molecular flexibility index (Phi) is 13.3. The van der Waals surface area contributed by atoms with Gasteiger partial charge in [0.15, 0.2) is 10.9 Å². The van der Waals surface area contributed by atoms with Crippen LogP contribution in [0.25, 0.3) is 55.4 Å². The van der Waals surface area contributed by atoms with Crippen molar-refractivity contribution >= 4 is 48.4 Å². The minimum atomic E-state index is -3.99. The minimum Gasteiger partial charge on any atom is -0.491 e. The normalized spacial score (nSPS) is 11.7. The van der Waals surface area contributed by atoms with Gasteiger partial charge in [-0.1, -0.05) is 48.5 Å². The molecule has 0 bridgehead atoms. The maximum Gasteiger partial charge on any atom is 0.243 e. The largest absolute Gasteiger partial charge is 0.491 e. The molecule has 63 heavy (non-hydrogen) atoms. The molecular weight excluding hydrogens is 821 g/mol. The SMILES string of the molecule is CN(C)c1cccc2c(S(=O)(=O)N(CCOCCOc3ccc(-c4cc(=O)c5ccccc5o4)cc3)CCOCCOc3ccc(-c4cc(=O)c5ccccc5o4)cc3)cccc12. The molecule has 0 saturated heterocycles. The second-order valence-corrected chi connectivity index (χ2v) is 16.7. The van der Waals surface area contributed by atoms with E-state index in [0.29, 0.717) is 50.3 Å². The van der Waals surface area contributed by atoms with Crippen molar-refractivity contribution in [1.29, 1.82) is 0 Å². The number of para-hydroxylation sites is 2. The van der Waals surface area contributed by atoms with E-state index in [1.807, 2.05) is 79.7 Å². The van der Waals surface area contributed by atoms with Crippen LogP contribution in [0.1, 0.15) is 0 Å². The van der Waals surface area contributed by atoms with Crippen molar-refractivity contribution in [2.24, 2.45) is 0 Å². The molecule has 0 amide bonds. The van der Waals surface area contributed by atoms with E-state index in [1.54, 1.807) is 72.8 Å². The zero-order valence-corrected chi connectivity index (χ0v) is 35.7. The third kappa shape index (κ3) is 9.98. The predicted octanol–water partition coefficient (Wildman–Crippen LogP) is 8.63. The summed E-state index contributed by atoms with van der Waals surface area (Å²) in [6.07, 6.45) is 0. The van der Waals surface area contributed by atoms with Crippen molar-refractivity contribution < 1.29 is 36.2 Å². The van der Waals surface area contributed by atoms with Crippen LogP contribution in [0, 0.1) is 0 Å². The zero-order valence-electron chi connectivity index (χ0n) is 34.9. The summed E-state index contributed by atoms with van der Waals surface area (Å²) in [6.45, 7) is 1.33. The van der Waals surface area contributed by atoms with Gasteiger partial charge in [0.1, 0.15) is 47.4 Å². The second kappa shape index (κ2) is 19.5. The average Bonchev–Trinajstić information content (AvgIpc) is 3.30. The first kappa shape index (κ1) is 42.9. The van der Waals surface area contributed by atoms with Crippen LogP contribution in [0.2, 0.25) is 0 Å². The van der Waals surface area contributed by atoms with Gasteiger partial charge in [-0.2, -0.15) is 4.31 Å². The summed E-state index contributed by atoms with van der Waals surface area (Å²) in [5.74, 6) is 2.15. The minimum absolute atomic E-state index is 0.0846. The van der Waals surface area contributed by atoms with Gasteiger partial charge in [0.05, 0.1) is 42.1 Å². The molecule has 0 aliphatic heterocycles. The van der Waals surface area contributed by atoms with Crippen molar-refractivity contribution in [1.82, 2.24) is 4.31 Å². The fourth-order valence-electron chi connectivity index (χ4n) is 7.27. The highest BCUT2D eigenvalue weighted by Gasteiger charge is 2.27. The van der Waals surface area contributed by atoms with Crippen LogP contribution >= 0.6 is 0 Å². The number of hydrogen-bond donors (Lipinski definition) is 0. The molecule has 0 atom stereocenters. The molecule has 2 aromatic heterocycles. The molecule has 0 fully saturated rings. The Morgan fingerprint density at radius 3 is 1.46 bits per heavy atom. The van der Waals surface area contributed by atoms with Crippen LogP contribution in [0.3, 0.4) is 0 Å². The molecule has 0 aliphatic carbocycles. The fourth-order valence-corrected chi connectivity index (χ4v) is 8.88. The smallest absolute Gasteiger partial charge is 0.243 e. The van der Waals surface area contributed by atoms with Crippen LogP contribution in [0.15, 0.2) is 169 Å². The number of ether oxygens (including phenoxy) is 4. The van der Waals surface area contributed by atoms with E-state index < -0.39 is 10.0 Å². The number of hydrogen-bond acceptors (Lipinski definition) is 11. The molecule has 2 heterocycles. The van der Waals surface area contributed by atoms with E-state index >= 15 is 0 Å². The molecule has 322 valence electrons. The van der Waals surface area contributed by atoms with Crippen molar-refractivity contribution in [3.05, 3.63) is 166 Å². The summed E-state index contributed by atoms with van der Waals surface area (Å²) < 4.78 is 65.6. The lowest BCUT2D eigenvalue weighted by Crippen LogP contribution is -2.37. The molecule has 0 aliphatic rings. The van der Waals surface area contributed by atoms with E-state index in [9.17, 15) is 18.0 Å². The van der Waals surface area contributed by atoms with E-state index in [2.05, 4.69) is 0 Å². The Labute approximate surface area is 364 Å². The lowest BCUT2D eigenvalue weighted by Gasteiger charge is -2.24. The van der Waals surface area contributed by atoms with Gasteiger partial charge in [0.2, 0.25) is 10.0 Å². The summed E-state index contributed by atoms with van der Waals surface area (Å²) in [5.41, 5.74) is 3.21. The van der Waals surface area contributed by atoms with Gasteiger partial charge >= 0.3 is 0 Å². The van der Waals surface area contributed by atoms with Gasteiger partial charge < -0.3 is 32.7 Å². The Hall–Kier alpha value is -6.77. The first-order chi connectivity index (χ1) is 30.7. The monoisotopic (exact) mass is 866 g/mol. The predicted molar refractivity (Wildman–Crippen MR) is 246 cm³/mol. The number of benzene rings is 6. The standard InChI is InChI=1S/C50H46N2O10S/c1-51(2)43-13-7-12-40-39(43)11-8-16-50(40)63(55,56)52(25-27-57-29-31-59-37-21-17-35(18-22-37)48-33-44(53)41-9-3-5-14-46(41)61-48)26-28-58-30-32-60-38-23-19-36(20-24-38)49-34-45(54)42-10-4-6-15-47(42)62-49/h3-24,33-34H,25-32H2,1-2H3. The maximum atomic E-state index is 14.4. The first-order valence-corrected chi connectivity index (χ1v) is 22.0. The summed E-state index contributed by atoms with van der Waals surface area (Å²) in [5, 5.41) is 2.51. The van der Waals surface area contributed by atoms with E-state index in [0.717, 1.165) is 22.2 Å². The number of rotatable bonds is 19. The topological polar surface area (TPSA) is 138 Å². The molecule has 0 N–H and O–H groups in total.